The van der Waals surface area contributed by atoms with Crippen LogP contribution in [-0.4, -0.2) is 16.9 Å². The number of imide groups is 1. The zero-order valence-electron chi connectivity index (χ0n) is 14.6. The molecule has 3 amide bonds. The zero-order chi connectivity index (χ0) is 21.0. The molecule has 29 heavy (non-hydrogen) atoms. The summed E-state index contributed by atoms with van der Waals surface area (Å²) in [5, 5.41) is 4.75. The smallest absolute Gasteiger partial charge is 0.306 e. The highest BCUT2D eigenvalue weighted by Crippen LogP contribution is 2.31. The molecule has 5 nitrogen and oxygen atoms in total. The lowest BCUT2D eigenvalue weighted by atomic mass is 10.1. The van der Waals surface area contributed by atoms with Crippen molar-refractivity contribution in [3.63, 3.8) is 0 Å². The van der Waals surface area contributed by atoms with E-state index in [1.807, 2.05) is 0 Å². The van der Waals surface area contributed by atoms with E-state index in [0.717, 1.165) is 12.1 Å². The highest BCUT2D eigenvalue weighted by Gasteiger charge is 2.30. The summed E-state index contributed by atoms with van der Waals surface area (Å²) in [6, 6.07) is 13.1. The number of urea groups is 1. The van der Waals surface area contributed by atoms with E-state index >= 15 is 0 Å². The van der Waals surface area contributed by atoms with Gasteiger partial charge in [-0.1, -0.05) is 35.9 Å². The molecule has 0 saturated heterocycles. The second-order valence-corrected chi connectivity index (χ2v) is 6.31. The lowest BCUT2D eigenvalue weighted by molar-refractivity contribution is -0.137. The van der Waals surface area contributed by atoms with Gasteiger partial charge in [0.15, 0.2) is 0 Å². The van der Waals surface area contributed by atoms with Crippen LogP contribution in [0.4, 0.5) is 23.7 Å². The molecular weight excluding hydrogens is 407 g/mol. The summed E-state index contributed by atoms with van der Waals surface area (Å²) >= 11 is 5.90. The Bertz CT molecular complexity index is 1050. The van der Waals surface area contributed by atoms with Crippen LogP contribution in [0.5, 0.6) is 0 Å². The molecule has 0 unspecified atom stereocenters. The van der Waals surface area contributed by atoms with Crippen LogP contribution in [-0.2, 0) is 6.18 Å². The normalized spacial score (nSPS) is 11.0. The van der Waals surface area contributed by atoms with Gasteiger partial charge >= 0.3 is 12.2 Å². The second kappa shape index (κ2) is 8.32. The first kappa shape index (κ1) is 20.3. The Morgan fingerprint density at radius 1 is 0.966 bits per heavy atom. The number of amides is 3. The second-order valence-electron chi connectivity index (χ2n) is 5.90. The van der Waals surface area contributed by atoms with Crippen LogP contribution in [0, 0.1) is 0 Å². The number of aromatic nitrogens is 1. The molecule has 0 atom stereocenters. The van der Waals surface area contributed by atoms with Crippen molar-refractivity contribution in [2.75, 3.05) is 5.32 Å². The van der Waals surface area contributed by atoms with Gasteiger partial charge in [-0.2, -0.15) is 13.2 Å². The minimum atomic E-state index is -4.45. The van der Waals surface area contributed by atoms with Crippen LogP contribution in [0.25, 0.3) is 11.3 Å². The monoisotopic (exact) mass is 419 g/mol. The molecular formula is C20H13ClF3N3O2. The van der Waals surface area contributed by atoms with Crippen LogP contribution in [0.1, 0.15) is 15.9 Å². The Balaban J connectivity index is 1.67. The highest BCUT2D eigenvalue weighted by atomic mass is 35.5. The van der Waals surface area contributed by atoms with Gasteiger partial charge in [-0.15, -0.1) is 0 Å². The van der Waals surface area contributed by atoms with E-state index in [0.29, 0.717) is 5.69 Å². The zero-order valence-corrected chi connectivity index (χ0v) is 15.4. The summed E-state index contributed by atoms with van der Waals surface area (Å²) < 4.78 is 38.5. The number of hydrogen-bond donors (Lipinski definition) is 2. The molecule has 2 N–H and O–H groups in total. The first-order valence-electron chi connectivity index (χ1n) is 8.24. The van der Waals surface area contributed by atoms with Crippen molar-refractivity contribution in [3.8, 4) is 11.3 Å². The van der Waals surface area contributed by atoms with Gasteiger partial charge in [0, 0.05) is 5.56 Å². The van der Waals surface area contributed by atoms with Gasteiger partial charge < -0.3 is 5.32 Å². The molecule has 0 aliphatic carbocycles. The van der Waals surface area contributed by atoms with Crippen LogP contribution in [0.15, 0.2) is 66.9 Å². The van der Waals surface area contributed by atoms with E-state index in [-0.39, 0.29) is 21.8 Å². The first-order valence-corrected chi connectivity index (χ1v) is 8.62. The van der Waals surface area contributed by atoms with Gasteiger partial charge in [0.25, 0.3) is 5.91 Å². The summed E-state index contributed by atoms with van der Waals surface area (Å²) in [6.07, 6.45) is -3.18. The van der Waals surface area contributed by atoms with E-state index < -0.39 is 23.7 Å². The number of halogens is 4. The van der Waals surface area contributed by atoms with Crippen molar-refractivity contribution >= 4 is 29.2 Å². The maximum absolute atomic E-state index is 12.8. The number of carbonyl (C=O) groups is 2. The summed E-state index contributed by atoms with van der Waals surface area (Å²) in [7, 11) is 0. The molecule has 0 radical (unpaired) electrons. The molecule has 148 valence electrons. The highest BCUT2D eigenvalue weighted by molar-refractivity contribution is 6.34. The van der Waals surface area contributed by atoms with Crippen molar-refractivity contribution in [1.29, 1.82) is 0 Å². The summed E-state index contributed by atoms with van der Waals surface area (Å²) in [6.45, 7) is 0. The fourth-order valence-electron chi connectivity index (χ4n) is 2.47. The van der Waals surface area contributed by atoms with E-state index in [1.54, 1.807) is 12.1 Å². The van der Waals surface area contributed by atoms with Gasteiger partial charge in [-0.05, 0) is 36.4 Å². The number of benzene rings is 2. The van der Waals surface area contributed by atoms with E-state index in [1.165, 1.54) is 42.6 Å². The third-order valence-electron chi connectivity index (χ3n) is 3.85. The van der Waals surface area contributed by atoms with Crippen LogP contribution >= 0.6 is 11.6 Å². The SMILES string of the molecule is O=C(NC(=O)c1ccccc1Cl)Nc1ccc(-c2cccc(C(F)(F)F)c2)nc1. The number of alkyl halides is 3. The maximum atomic E-state index is 12.8. The molecule has 0 aliphatic heterocycles. The number of nitrogens with one attached hydrogen (secondary N) is 2. The molecule has 1 heterocycles. The Morgan fingerprint density at radius 3 is 2.38 bits per heavy atom. The Labute approximate surface area is 168 Å². The van der Waals surface area contributed by atoms with Crippen molar-refractivity contribution in [2.45, 2.75) is 6.18 Å². The average molecular weight is 420 g/mol. The Hall–Kier alpha value is -3.39. The summed E-state index contributed by atoms with van der Waals surface area (Å²) in [5.41, 5.74) is 0.197. The quantitative estimate of drug-likeness (QED) is 0.598. The van der Waals surface area contributed by atoms with Crippen LogP contribution in [0.2, 0.25) is 5.02 Å². The van der Waals surface area contributed by atoms with Gasteiger partial charge in [0.05, 0.1) is 33.7 Å². The topological polar surface area (TPSA) is 71.1 Å². The largest absolute Gasteiger partial charge is 0.416 e. The maximum Gasteiger partial charge on any atom is 0.416 e. The number of pyridine rings is 1. The number of carbonyl (C=O) groups excluding carboxylic acids is 2. The van der Waals surface area contributed by atoms with Gasteiger partial charge in [-0.25, -0.2) is 4.79 Å². The standard InChI is InChI=1S/C20H13ClF3N3O2/c21-16-7-2-1-6-15(16)18(28)27-19(29)26-14-8-9-17(25-11-14)12-4-3-5-13(10-12)20(22,23)24/h1-11H,(H2,26,27,28,29). The van der Waals surface area contributed by atoms with E-state index in [2.05, 4.69) is 15.6 Å². The lowest BCUT2D eigenvalue weighted by Gasteiger charge is -2.10. The van der Waals surface area contributed by atoms with E-state index in [4.69, 9.17) is 11.6 Å². The van der Waals surface area contributed by atoms with Crippen LogP contribution < -0.4 is 10.6 Å². The van der Waals surface area contributed by atoms with Crippen molar-refractivity contribution in [1.82, 2.24) is 10.3 Å². The molecule has 0 spiro atoms. The van der Waals surface area contributed by atoms with Gasteiger partial charge in [-0.3, -0.25) is 15.1 Å². The third-order valence-corrected chi connectivity index (χ3v) is 4.18. The van der Waals surface area contributed by atoms with Crippen molar-refractivity contribution < 1.29 is 22.8 Å². The molecule has 0 fully saturated rings. The third kappa shape index (κ3) is 5.11. The number of nitrogens with zero attached hydrogens (tertiary/aromatic N) is 1. The van der Waals surface area contributed by atoms with Crippen molar-refractivity contribution in [2.24, 2.45) is 0 Å². The van der Waals surface area contributed by atoms with Crippen molar-refractivity contribution in [3.05, 3.63) is 83.0 Å². The fraction of sp³-hybridized carbons (Fsp3) is 0.0500. The predicted octanol–water partition coefficient (Wildman–Crippen LogP) is 5.38. The Morgan fingerprint density at radius 2 is 1.72 bits per heavy atom. The Kier molecular flexibility index (Phi) is 5.84. The molecule has 0 bridgehead atoms. The van der Waals surface area contributed by atoms with Crippen LogP contribution in [0.3, 0.4) is 0 Å². The minimum Gasteiger partial charge on any atom is -0.306 e. The first-order chi connectivity index (χ1) is 13.7. The van der Waals surface area contributed by atoms with E-state index in [9.17, 15) is 22.8 Å². The fourth-order valence-corrected chi connectivity index (χ4v) is 2.69. The molecule has 0 saturated carbocycles. The average Bonchev–Trinajstić information content (AvgIpc) is 2.68. The summed E-state index contributed by atoms with van der Waals surface area (Å²) in [4.78, 5) is 28.1. The molecule has 3 aromatic rings. The number of hydrogen-bond acceptors (Lipinski definition) is 3. The lowest BCUT2D eigenvalue weighted by Crippen LogP contribution is -2.34. The molecule has 1 aromatic heterocycles. The number of anilines is 1. The van der Waals surface area contributed by atoms with Gasteiger partial charge in [0.1, 0.15) is 0 Å². The predicted molar refractivity (Wildman–Crippen MR) is 103 cm³/mol. The molecule has 9 heteroatoms. The van der Waals surface area contributed by atoms with Gasteiger partial charge in [0.2, 0.25) is 0 Å². The minimum absolute atomic E-state index is 0.141. The molecule has 3 rings (SSSR count). The molecule has 2 aromatic carbocycles. The number of rotatable bonds is 3. The summed E-state index contributed by atoms with van der Waals surface area (Å²) in [5.74, 6) is -0.679. The molecule has 0 aliphatic rings.